The number of rotatable bonds is 12. The van der Waals surface area contributed by atoms with Gasteiger partial charge in [0.25, 0.3) is 0 Å². The van der Waals surface area contributed by atoms with Crippen molar-refractivity contribution in [1.29, 1.82) is 0 Å². The Kier molecular flexibility index (Phi) is 25.9. The molecule has 17 heteroatoms. The summed E-state index contributed by atoms with van der Waals surface area (Å²) in [4.78, 5) is 123. The first-order chi connectivity index (χ1) is 17.9. The van der Waals surface area contributed by atoms with Crippen LogP contribution in [0.2, 0.25) is 0 Å². The molecule has 0 unspecified atom stereocenters. The Hall–Kier alpha value is -4.05. The summed E-state index contributed by atoms with van der Waals surface area (Å²) >= 11 is 0. The van der Waals surface area contributed by atoms with Crippen LogP contribution in [0.3, 0.4) is 0 Å². The smallest absolute Gasteiger partial charge is 0.549 e. The van der Waals surface area contributed by atoms with Gasteiger partial charge in [-0.1, -0.05) is 0 Å². The molecule has 0 radical (unpaired) electrons. The minimum absolute atomic E-state index is 0. The van der Waals surface area contributed by atoms with Gasteiger partial charge >= 0.3 is 21.7 Å². The van der Waals surface area contributed by atoms with Crippen molar-refractivity contribution >= 4 is 70.1 Å². The molecule has 0 aromatic carbocycles. The molecule has 0 spiro atoms. The Bertz CT molecular complexity index is 770. The monoisotopic (exact) mass is 620 g/mol. The van der Waals surface area contributed by atoms with Crippen molar-refractivity contribution in [3.05, 3.63) is 0 Å². The fourth-order valence-electron chi connectivity index (χ4n) is 2.47. The van der Waals surface area contributed by atoms with Gasteiger partial charge in [-0.25, -0.2) is 0 Å². The molecular weight excluding hydrogens is 592 g/mol. The molecule has 0 bridgehead atoms. The molecule has 0 aliphatic heterocycles. The number of hydrogen-bond donors (Lipinski definition) is 0. The summed E-state index contributed by atoms with van der Waals surface area (Å²) in [6.45, 7) is 8.35. The second-order valence-corrected chi connectivity index (χ2v) is 7.89. The SMILES string of the molecule is CC(=O)C(C(C)=O)C(=O)[O-].CC(=O)C(C(C)=O)C(=O)[O-].CC(=O)C(C(C)=O)C(=O)[O-].CC(=O)C(C(C)=O)C(=O)[O-].[Ti+4]. The first kappa shape index (κ1) is 46.8. The molecule has 16 nitrogen and oxygen atoms in total. The largest absolute Gasteiger partial charge is 4.00 e. The topological polar surface area (TPSA) is 297 Å². The zero-order valence-electron chi connectivity index (χ0n) is 23.3. The molecule has 0 rings (SSSR count). The van der Waals surface area contributed by atoms with Crippen molar-refractivity contribution in [3.8, 4) is 0 Å². The van der Waals surface area contributed by atoms with Crippen molar-refractivity contribution in [3.63, 3.8) is 0 Å². The molecule has 0 fully saturated rings. The molecule has 0 saturated carbocycles. The Balaban J connectivity index is -0.000000139. The van der Waals surface area contributed by atoms with E-state index in [0.29, 0.717) is 0 Å². The number of carbonyl (C=O) groups excluding carboxylic acids is 12. The van der Waals surface area contributed by atoms with Crippen LogP contribution in [0.15, 0.2) is 0 Å². The minimum Gasteiger partial charge on any atom is -0.549 e. The Morgan fingerprint density at radius 1 is 0.293 bits per heavy atom. The fourth-order valence-corrected chi connectivity index (χ4v) is 2.47. The molecule has 0 aliphatic carbocycles. The second kappa shape index (κ2) is 22.7. The van der Waals surface area contributed by atoms with Gasteiger partial charge in [0.15, 0.2) is 0 Å². The van der Waals surface area contributed by atoms with Crippen LogP contribution in [0, 0.1) is 23.7 Å². The predicted octanol–water partition coefficient (Wildman–Crippen LogP) is -5.88. The van der Waals surface area contributed by atoms with Gasteiger partial charge < -0.3 is 39.6 Å². The molecule has 224 valence electrons. The van der Waals surface area contributed by atoms with Crippen LogP contribution >= 0.6 is 0 Å². The maximum absolute atomic E-state index is 10.4. The number of carboxylic acids is 4. The van der Waals surface area contributed by atoms with Crippen molar-refractivity contribution in [2.24, 2.45) is 23.7 Å². The van der Waals surface area contributed by atoms with Crippen LogP contribution in [0.5, 0.6) is 0 Å². The third-order valence-electron chi connectivity index (χ3n) is 4.20. The van der Waals surface area contributed by atoms with Crippen LogP contribution < -0.4 is 20.4 Å². The molecular formula is C24H28O16Ti. The average Bonchev–Trinajstić information content (AvgIpc) is 2.64. The number of carbonyl (C=O) groups is 12. The molecule has 41 heavy (non-hydrogen) atoms. The standard InChI is InChI=1S/4C6H8O4.Ti/c4*1-3(7)5(4(2)8)6(9)10;/h4*5H,1-2H3,(H,9,10);/q;;;;+4/p-4. The Morgan fingerprint density at radius 2 is 0.366 bits per heavy atom. The van der Waals surface area contributed by atoms with E-state index in [9.17, 15) is 78.0 Å². The third kappa shape index (κ3) is 21.5. The van der Waals surface area contributed by atoms with Crippen molar-refractivity contribution in [1.82, 2.24) is 0 Å². The number of carboxylic acid groups (broad SMARTS) is 4. The number of Topliss-reactive ketones (excluding diaryl/α,β-unsaturated/α-hetero) is 8. The number of ketones is 8. The van der Waals surface area contributed by atoms with E-state index < -0.39 is 93.8 Å². The van der Waals surface area contributed by atoms with Crippen LogP contribution in [-0.4, -0.2) is 70.1 Å². The van der Waals surface area contributed by atoms with Crippen LogP contribution in [0.25, 0.3) is 0 Å². The first-order valence-corrected chi connectivity index (χ1v) is 10.7. The second-order valence-electron chi connectivity index (χ2n) is 7.89. The normalized spacial score (nSPS) is 9.27. The van der Waals surface area contributed by atoms with Gasteiger partial charge in [0.05, 0.1) is 23.9 Å². The van der Waals surface area contributed by atoms with Gasteiger partial charge in [0.1, 0.15) is 69.9 Å². The van der Waals surface area contributed by atoms with Crippen LogP contribution in [0.1, 0.15) is 55.4 Å². The van der Waals surface area contributed by atoms with Crippen molar-refractivity contribution in [2.75, 3.05) is 0 Å². The van der Waals surface area contributed by atoms with Crippen molar-refractivity contribution in [2.45, 2.75) is 55.4 Å². The number of aliphatic carboxylic acids is 4. The molecule has 0 aliphatic rings. The van der Waals surface area contributed by atoms with Crippen molar-refractivity contribution < 1.29 is 99.7 Å². The summed E-state index contributed by atoms with van der Waals surface area (Å²) in [6, 6.07) is 0. The third-order valence-corrected chi connectivity index (χ3v) is 4.20. The summed E-state index contributed by atoms with van der Waals surface area (Å²) in [5, 5.41) is 40.1. The van der Waals surface area contributed by atoms with E-state index in [1.165, 1.54) is 0 Å². The maximum Gasteiger partial charge on any atom is 4.00 e. The van der Waals surface area contributed by atoms with E-state index in [1.54, 1.807) is 0 Å². The van der Waals surface area contributed by atoms with E-state index in [4.69, 9.17) is 0 Å². The Morgan fingerprint density at radius 3 is 0.366 bits per heavy atom. The van der Waals surface area contributed by atoms with E-state index >= 15 is 0 Å². The summed E-state index contributed by atoms with van der Waals surface area (Å²) in [7, 11) is 0. The quantitative estimate of drug-likeness (QED) is 0.145. The van der Waals surface area contributed by atoms with Gasteiger partial charge in [-0.15, -0.1) is 0 Å². The van der Waals surface area contributed by atoms with Gasteiger partial charge in [-0.2, -0.15) is 0 Å². The summed E-state index contributed by atoms with van der Waals surface area (Å²) < 4.78 is 0. The molecule has 0 atom stereocenters. The minimum atomic E-state index is -1.62. The average molecular weight is 620 g/mol. The van der Waals surface area contributed by atoms with Crippen LogP contribution in [0.4, 0.5) is 0 Å². The summed E-state index contributed by atoms with van der Waals surface area (Å²) in [5.41, 5.74) is 0. The maximum atomic E-state index is 10.4. The van der Waals surface area contributed by atoms with E-state index in [1.807, 2.05) is 0 Å². The first-order valence-electron chi connectivity index (χ1n) is 10.7. The van der Waals surface area contributed by atoms with Gasteiger partial charge in [-0.3, -0.25) is 38.4 Å². The fraction of sp³-hybridized carbons (Fsp3) is 0.500. The molecule has 0 N–H and O–H groups in total. The van der Waals surface area contributed by atoms with Gasteiger partial charge in [0.2, 0.25) is 0 Å². The number of hydrogen-bond acceptors (Lipinski definition) is 16. The molecule has 0 aromatic heterocycles. The Labute approximate surface area is 248 Å². The zero-order chi connectivity index (χ0) is 33.2. The van der Waals surface area contributed by atoms with E-state index in [2.05, 4.69) is 0 Å². The molecule has 0 heterocycles. The predicted molar refractivity (Wildman–Crippen MR) is 119 cm³/mol. The molecule has 0 saturated heterocycles. The molecule has 0 amide bonds. The summed E-state index contributed by atoms with van der Waals surface area (Å²) in [6.07, 6.45) is 0. The van der Waals surface area contributed by atoms with E-state index in [0.717, 1.165) is 55.4 Å². The van der Waals surface area contributed by atoms with Gasteiger partial charge in [0, 0.05) is 0 Å². The van der Waals surface area contributed by atoms with Crippen LogP contribution in [-0.2, 0) is 79.3 Å². The van der Waals surface area contributed by atoms with Gasteiger partial charge in [-0.05, 0) is 55.4 Å². The molecule has 0 aromatic rings. The van der Waals surface area contributed by atoms with E-state index in [-0.39, 0.29) is 21.7 Å². The zero-order valence-corrected chi connectivity index (χ0v) is 24.9. The summed E-state index contributed by atoms with van der Waals surface area (Å²) in [5.74, 6) is -18.3.